The molecule has 108 valence electrons. The van der Waals surface area contributed by atoms with Gasteiger partial charge in [-0.15, -0.1) is 0 Å². The van der Waals surface area contributed by atoms with E-state index in [0.29, 0.717) is 6.04 Å². The first kappa shape index (κ1) is 13.4. The van der Waals surface area contributed by atoms with Crippen LogP contribution in [0.5, 0.6) is 0 Å². The normalized spacial score (nSPS) is 20.4. The van der Waals surface area contributed by atoms with Crippen LogP contribution in [0.3, 0.4) is 0 Å². The summed E-state index contributed by atoms with van der Waals surface area (Å²) >= 11 is 0. The Labute approximate surface area is 119 Å². The van der Waals surface area contributed by atoms with Crippen molar-refractivity contribution in [3.63, 3.8) is 0 Å². The monoisotopic (exact) mass is 274 g/mol. The van der Waals surface area contributed by atoms with Gasteiger partial charge >= 0.3 is 0 Å². The Morgan fingerprint density at radius 2 is 2.40 bits per heavy atom. The Morgan fingerprint density at radius 1 is 1.55 bits per heavy atom. The Balaban J connectivity index is 2.03. The van der Waals surface area contributed by atoms with Crippen molar-refractivity contribution in [3.05, 3.63) is 30.1 Å². The second-order valence-corrected chi connectivity index (χ2v) is 5.62. The topological polar surface area (TPSA) is 55.8 Å². The predicted molar refractivity (Wildman–Crippen MR) is 80.2 cm³/mol. The SMILES string of the molecule is CC(N)Cc1c(N(C)C2CCOC2)nc2ccccn12. The molecular weight excluding hydrogens is 252 g/mol. The minimum Gasteiger partial charge on any atom is -0.379 e. The first-order valence-electron chi connectivity index (χ1n) is 7.19. The van der Waals surface area contributed by atoms with E-state index < -0.39 is 0 Å². The van der Waals surface area contributed by atoms with Gasteiger partial charge in [-0.25, -0.2) is 4.98 Å². The van der Waals surface area contributed by atoms with E-state index >= 15 is 0 Å². The molecule has 0 radical (unpaired) electrons. The number of nitrogens with zero attached hydrogens (tertiary/aromatic N) is 3. The molecule has 0 aromatic carbocycles. The number of hydrogen-bond donors (Lipinski definition) is 1. The van der Waals surface area contributed by atoms with Gasteiger partial charge in [0.2, 0.25) is 0 Å². The highest BCUT2D eigenvalue weighted by Crippen LogP contribution is 2.25. The van der Waals surface area contributed by atoms with Gasteiger partial charge in [0.1, 0.15) is 5.65 Å². The molecule has 3 heterocycles. The lowest BCUT2D eigenvalue weighted by molar-refractivity contribution is 0.193. The largest absolute Gasteiger partial charge is 0.379 e. The molecule has 2 unspecified atom stereocenters. The Hall–Kier alpha value is -1.59. The van der Waals surface area contributed by atoms with E-state index in [2.05, 4.69) is 22.5 Å². The van der Waals surface area contributed by atoms with Crippen molar-refractivity contribution in [1.29, 1.82) is 0 Å². The summed E-state index contributed by atoms with van der Waals surface area (Å²) in [7, 11) is 2.10. The van der Waals surface area contributed by atoms with E-state index in [0.717, 1.165) is 37.5 Å². The summed E-state index contributed by atoms with van der Waals surface area (Å²) in [6.45, 7) is 3.65. The molecule has 0 saturated carbocycles. The highest BCUT2D eigenvalue weighted by atomic mass is 16.5. The Bertz CT molecular complexity index is 587. The molecule has 2 atom stereocenters. The van der Waals surface area contributed by atoms with Gasteiger partial charge in [-0.2, -0.15) is 0 Å². The molecule has 1 fully saturated rings. The quantitative estimate of drug-likeness (QED) is 0.917. The van der Waals surface area contributed by atoms with E-state index in [1.807, 2.05) is 25.1 Å². The molecule has 0 spiro atoms. The molecule has 2 aromatic heterocycles. The van der Waals surface area contributed by atoms with Gasteiger partial charge in [-0.1, -0.05) is 6.07 Å². The smallest absolute Gasteiger partial charge is 0.151 e. The lowest BCUT2D eigenvalue weighted by Gasteiger charge is -2.24. The van der Waals surface area contributed by atoms with E-state index in [4.69, 9.17) is 15.5 Å². The van der Waals surface area contributed by atoms with Crippen LogP contribution in [0.1, 0.15) is 19.0 Å². The predicted octanol–water partition coefficient (Wildman–Crippen LogP) is 1.45. The summed E-state index contributed by atoms with van der Waals surface area (Å²) in [6, 6.07) is 6.60. The minimum atomic E-state index is 0.113. The zero-order chi connectivity index (χ0) is 14.1. The van der Waals surface area contributed by atoms with Crippen molar-refractivity contribution < 1.29 is 4.74 Å². The Morgan fingerprint density at radius 3 is 3.10 bits per heavy atom. The molecule has 5 heteroatoms. The fourth-order valence-corrected chi connectivity index (χ4v) is 2.81. The summed E-state index contributed by atoms with van der Waals surface area (Å²) in [6.07, 6.45) is 3.93. The molecule has 0 aliphatic carbocycles. The number of fused-ring (bicyclic) bond motifs is 1. The molecule has 0 amide bonds. The van der Waals surface area contributed by atoms with E-state index in [9.17, 15) is 0 Å². The van der Waals surface area contributed by atoms with E-state index in [1.165, 1.54) is 5.69 Å². The van der Waals surface area contributed by atoms with Crippen LogP contribution in [0.2, 0.25) is 0 Å². The van der Waals surface area contributed by atoms with Crippen LogP contribution in [0, 0.1) is 0 Å². The number of hydrogen-bond acceptors (Lipinski definition) is 4. The third-order valence-corrected chi connectivity index (χ3v) is 3.91. The zero-order valence-electron chi connectivity index (χ0n) is 12.1. The summed E-state index contributed by atoms with van der Waals surface area (Å²) in [5.74, 6) is 1.03. The average Bonchev–Trinajstić information content (AvgIpc) is 3.06. The van der Waals surface area contributed by atoms with Crippen LogP contribution >= 0.6 is 0 Å². The second-order valence-electron chi connectivity index (χ2n) is 5.62. The minimum absolute atomic E-state index is 0.113. The van der Waals surface area contributed by atoms with Gasteiger partial charge in [0.25, 0.3) is 0 Å². The fraction of sp³-hybridized carbons (Fsp3) is 0.533. The van der Waals surface area contributed by atoms with Crippen molar-refractivity contribution in [2.75, 3.05) is 25.2 Å². The fourth-order valence-electron chi connectivity index (χ4n) is 2.81. The van der Waals surface area contributed by atoms with E-state index in [1.54, 1.807) is 0 Å². The number of nitrogens with two attached hydrogens (primary N) is 1. The number of aromatic nitrogens is 2. The van der Waals surface area contributed by atoms with Gasteiger partial charge in [0.05, 0.1) is 18.3 Å². The van der Waals surface area contributed by atoms with E-state index in [-0.39, 0.29) is 6.04 Å². The maximum atomic E-state index is 6.01. The van der Waals surface area contributed by atoms with Gasteiger partial charge < -0.3 is 19.8 Å². The highest BCUT2D eigenvalue weighted by Gasteiger charge is 2.25. The van der Waals surface area contributed by atoms with Crippen LogP contribution in [0.4, 0.5) is 5.82 Å². The lowest BCUT2D eigenvalue weighted by atomic mass is 10.1. The van der Waals surface area contributed by atoms with Crippen LogP contribution in [0.15, 0.2) is 24.4 Å². The van der Waals surface area contributed by atoms with Crippen LogP contribution in [0.25, 0.3) is 5.65 Å². The van der Waals surface area contributed by atoms with Crippen LogP contribution in [-0.2, 0) is 11.2 Å². The van der Waals surface area contributed by atoms with Crippen molar-refractivity contribution >= 4 is 11.5 Å². The molecule has 20 heavy (non-hydrogen) atoms. The van der Waals surface area contributed by atoms with Crippen molar-refractivity contribution in [3.8, 4) is 0 Å². The number of anilines is 1. The number of imidazole rings is 1. The third-order valence-electron chi connectivity index (χ3n) is 3.91. The number of pyridine rings is 1. The maximum Gasteiger partial charge on any atom is 0.151 e. The highest BCUT2D eigenvalue weighted by molar-refractivity contribution is 5.56. The van der Waals surface area contributed by atoms with Gasteiger partial charge in [-0.05, 0) is 25.5 Å². The lowest BCUT2D eigenvalue weighted by Crippen LogP contribution is -2.33. The molecule has 1 saturated heterocycles. The standard InChI is InChI=1S/C15H22N4O/c1-11(16)9-13-15(18(2)12-6-8-20-10-12)17-14-5-3-4-7-19(13)14/h3-5,7,11-12H,6,8-10,16H2,1-2H3. The number of likely N-dealkylation sites (N-methyl/N-ethyl adjacent to an activating group) is 1. The van der Waals surface area contributed by atoms with Crippen LogP contribution in [-0.4, -0.2) is 41.7 Å². The number of rotatable bonds is 4. The summed E-state index contributed by atoms with van der Waals surface area (Å²) in [5.41, 5.74) is 8.17. The molecule has 1 aliphatic rings. The number of ether oxygens (including phenoxy) is 1. The molecule has 0 bridgehead atoms. The van der Waals surface area contributed by atoms with Crippen LogP contribution < -0.4 is 10.6 Å². The maximum absolute atomic E-state index is 6.01. The van der Waals surface area contributed by atoms with Gasteiger partial charge in [-0.3, -0.25) is 0 Å². The van der Waals surface area contributed by atoms with Crippen molar-refractivity contribution in [2.24, 2.45) is 5.73 Å². The Kier molecular flexibility index (Phi) is 3.63. The second kappa shape index (κ2) is 5.42. The first-order chi connectivity index (χ1) is 9.66. The van der Waals surface area contributed by atoms with Crippen molar-refractivity contribution in [2.45, 2.75) is 31.8 Å². The molecule has 1 aliphatic heterocycles. The molecular formula is C15H22N4O. The molecule has 5 nitrogen and oxygen atoms in total. The third kappa shape index (κ3) is 2.39. The summed E-state index contributed by atoms with van der Waals surface area (Å²) in [4.78, 5) is 7.04. The first-order valence-corrected chi connectivity index (χ1v) is 7.19. The average molecular weight is 274 g/mol. The molecule has 2 N–H and O–H groups in total. The van der Waals surface area contributed by atoms with Crippen molar-refractivity contribution in [1.82, 2.24) is 9.38 Å². The molecule has 3 rings (SSSR count). The van der Waals surface area contributed by atoms with Gasteiger partial charge in [0, 0.05) is 32.3 Å². The van der Waals surface area contributed by atoms with Gasteiger partial charge in [0.15, 0.2) is 5.82 Å². The zero-order valence-corrected chi connectivity index (χ0v) is 12.1. The molecule has 2 aromatic rings. The summed E-state index contributed by atoms with van der Waals surface area (Å²) < 4.78 is 7.64. The summed E-state index contributed by atoms with van der Waals surface area (Å²) in [5, 5.41) is 0.